The van der Waals surface area contributed by atoms with Gasteiger partial charge in [0.05, 0.1) is 11.6 Å². The van der Waals surface area contributed by atoms with Crippen LogP contribution in [0.25, 0.3) is 5.52 Å². The number of aromatic nitrogens is 2. The molecule has 0 aromatic carbocycles. The number of fused-ring (bicyclic) bond motifs is 1. The first kappa shape index (κ1) is 10.6. The molecule has 84 valence electrons. The van der Waals surface area contributed by atoms with E-state index in [0.29, 0.717) is 11.3 Å². The highest BCUT2D eigenvalue weighted by Crippen LogP contribution is 2.20. The maximum Gasteiger partial charge on any atom is 0.356 e. The van der Waals surface area contributed by atoms with Crippen molar-refractivity contribution in [1.29, 1.82) is 0 Å². The molecule has 0 radical (unpaired) electrons. The third-order valence-corrected chi connectivity index (χ3v) is 2.50. The van der Waals surface area contributed by atoms with Crippen molar-refractivity contribution in [3.63, 3.8) is 0 Å². The van der Waals surface area contributed by atoms with Crippen LogP contribution in [0, 0.1) is 6.92 Å². The van der Waals surface area contributed by atoms with Crippen LogP contribution in [0.1, 0.15) is 34.8 Å². The van der Waals surface area contributed by atoms with E-state index >= 15 is 0 Å². The van der Waals surface area contributed by atoms with Crippen LogP contribution in [0.5, 0.6) is 0 Å². The standard InChI is InChI=1S/C11H13N3O2/c1-6-4-3-5-14-9(6)8(11(15)16)13-10(14)7(2)12/h3-5,7H,12H2,1-2H3,(H,15,16). The monoisotopic (exact) mass is 219 g/mol. The van der Waals surface area contributed by atoms with Crippen LogP contribution in [0.15, 0.2) is 18.3 Å². The summed E-state index contributed by atoms with van der Waals surface area (Å²) in [4.78, 5) is 15.2. The Morgan fingerprint density at radius 2 is 2.31 bits per heavy atom. The number of hydrogen-bond acceptors (Lipinski definition) is 3. The summed E-state index contributed by atoms with van der Waals surface area (Å²) < 4.78 is 1.74. The van der Waals surface area contributed by atoms with Gasteiger partial charge in [0.1, 0.15) is 5.82 Å². The number of carbonyl (C=O) groups is 1. The normalized spacial score (nSPS) is 12.9. The second-order valence-corrected chi connectivity index (χ2v) is 3.82. The first-order valence-corrected chi connectivity index (χ1v) is 4.99. The minimum Gasteiger partial charge on any atom is -0.476 e. The highest BCUT2D eigenvalue weighted by Gasteiger charge is 2.19. The second-order valence-electron chi connectivity index (χ2n) is 3.82. The minimum absolute atomic E-state index is 0.0606. The summed E-state index contributed by atoms with van der Waals surface area (Å²) in [5.74, 6) is -0.463. The van der Waals surface area contributed by atoms with Gasteiger partial charge in [0.25, 0.3) is 0 Å². The maximum absolute atomic E-state index is 11.1. The van der Waals surface area contributed by atoms with E-state index in [1.54, 1.807) is 17.5 Å². The quantitative estimate of drug-likeness (QED) is 0.799. The zero-order valence-electron chi connectivity index (χ0n) is 9.14. The van der Waals surface area contributed by atoms with E-state index < -0.39 is 5.97 Å². The van der Waals surface area contributed by atoms with Gasteiger partial charge in [-0.15, -0.1) is 0 Å². The van der Waals surface area contributed by atoms with Gasteiger partial charge in [0.15, 0.2) is 5.69 Å². The summed E-state index contributed by atoms with van der Waals surface area (Å²) in [6.45, 7) is 3.64. The zero-order valence-corrected chi connectivity index (χ0v) is 9.14. The predicted molar refractivity (Wildman–Crippen MR) is 59.5 cm³/mol. The summed E-state index contributed by atoms with van der Waals surface area (Å²) in [6.07, 6.45) is 1.78. The summed E-state index contributed by atoms with van der Waals surface area (Å²) in [5.41, 5.74) is 7.32. The molecule has 2 rings (SSSR count). The van der Waals surface area contributed by atoms with E-state index in [9.17, 15) is 4.79 Å². The van der Waals surface area contributed by atoms with Crippen molar-refractivity contribution in [3.05, 3.63) is 35.4 Å². The van der Waals surface area contributed by atoms with Gasteiger partial charge in [-0.3, -0.25) is 0 Å². The van der Waals surface area contributed by atoms with Gasteiger partial charge in [0, 0.05) is 6.20 Å². The van der Waals surface area contributed by atoms with Crippen molar-refractivity contribution < 1.29 is 9.90 Å². The number of rotatable bonds is 2. The van der Waals surface area contributed by atoms with Crippen LogP contribution in [0.2, 0.25) is 0 Å². The molecule has 2 heterocycles. The molecule has 3 N–H and O–H groups in total. The lowest BCUT2D eigenvalue weighted by Crippen LogP contribution is -2.09. The average molecular weight is 219 g/mol. The molecule has 0 aliphatic heterocycles. The smallest absolute Gasteiger partial charge is 0.356 e. The second kappa shape index (κ2) is 3.61. The van der Waals surface area contributed by atoms with Crippen molar-refractivity contribution in [3.8, 4) is 0 Å². The molecule has 2 aromatic rings. The lowest BCUT2D eigenvalue weighted by Gasteiger charge is -2.04. The molecule has 0 aliphatic carbocycles. The summed E-state index contributed by atoms with van der Waals surface area (Å²) in [6, 6.07) is 3.40. The van der Waals surface area contributed by atoms with Crippen LogP contribution < -0.4 is 5.73 Å². The van der Waals surface area contributed by atoms with E-state index in [1.807, 2.05) is 19.1 Å². The zero-order chi connectivity index (χ0) is 11.9. The van der Waals surface area contributed by atoms with Crippen LogP contribution in [0.4, 0.5) is 0 Å². The molecule has 0 saturated heterocycles. The van der Waals surface area contributed by atoms with Crippen molar-refractivity contribution in [2.45, 2.75) is 19.9 Å². The Morgan fingerprint density at radius 1 is 1.62 bits per heavy atom. The lowest BCUT2D eigenvalue weighted by molar-refractivity contribution is 0.0693. The number of hydrogen-bond donors (Lipinski definition) is 2. The fourth-order valence-electron chi connectivity index (χ4n) is 1.80. The van der Waals surface area contributed by atoms with E-state index in [0.717, 1.165) is 5.56 Å². The van der Waals surface area contributed by atoms with Gasteiger partial charge in [-0.1, -0.05) is 6.07 Å². The number of pyridine rings is 1. The lowest BCUT2D eigenvalue weighted by atomic mass is 10.2. The molecule has 0 amide bonds. The van der Waals surface area contributed by atoms with Crippen LogP contribution in [-0.4, -0.2) is 20.5 Å². The summed E-state index contributed by atoms with van der Waals surface area (Å²) in [5, 5.41) is 9.09. The highest BCUT2D eigenvalue weighted by molar-refractivity contribution is 5.94. The van der Waals surface area contributed by atoms with Crippen LogP contribution in [0.3, 0.4) is 0 Å². The van der Waals surface area contributed by atoms with Gasteiger partial charge >= 0.3 is 5.97 Å². The SMILES string of the molecule is Cc1cccn2c(C(C)N)nc(C(=O)O)c12. The molecule has 0 bridgehead atoms. The first-order valence-electron chi connectivity index (χ1n) is 4.99. The Hall–Kier alpha value is -1.88. The van der Waals surface area contributed by atoms with E-state index in [-0.39, 0.29) is 11.7 Å². The van der Waals surface area contributed by atoms with Crippen LogP contribution >= 0.6 is 0 Å². The molecule has 0 saturated carbocycles. The number of carboxylic acid groups (broad SMARTS) is 1. The van der Waals surface area contributed by atoms with Gasteiger partial charge in [-0.05, 0) is 25.5 Å². The highest BCUT2D eigenvalue weighted by atomic mass is 16.4. The van der Waals surface area contributed by atoms with Crippen LogP contribution in [-0.2, 0) is 0 Å². The average Bonchev–Trinajstić information content (AvgIpc) is 2.58. The fraction of sp³-hybridized carbons (Fsp3) is 0.273. The number of imidazole rings is 1. The van der Waals surface area contributed by atoms with Gasteiger partial charge in [0.2, 0.25) is 0 Å². The van der Waals surface area contributed by atoms with Gasteiger partial charge < -0.3 is 15.2 Å². The van der Waals surface area contributed by atoms with Gasteiger partial charge in [-0.2, -0.15) is 0 Å². The van der Waals surface area contributed by atoms with Crippen molar-refractivity contribution >= 4 is 11.5 Å². The Labute approximate surface area is 92.5 Å². The van der Waals surface area contributed by atoms with E-state index in [2.05, 4.69) is 4.98 Å². The molecule has 1 atom stereocenters. The Kier molecular flexibility index (Phi) is 2.40. The first-order chi connectivity index (χ1) is 7.52. The third kappa shape index (κ3) is 1.45. The maximum atomic E-state index is 11.1. The molecule has 0 aliphatic rings. The molecule has 5 nitrogen and oxygen atoms in total. The third-order valence-electron chi connectivity index (χ3n) is 2.50. The van der Waals surface area contributed by atoms with E-state index in [4.69, 9.17) is 10.8 Å². The van der Waals surface area contributed by atoms with Crippen molar-refractivity contribution in [2.75, 3.05) is 0 Å². The largest absolute Gasteiger partial charge is 0.476 e. The molecule has 5 heteroatoms. The molecule has 0 spiro atoms. The molecular weight excluding hydrogens is 206 g/mol. The molecule has 1 unspecified atom stereocenters. The topological polar surface area (TPSA) is 80.6 Å². The van der Waals surface area contributed by atoms with Crippen molar-refractivity contribution in [1.82, 2.24) is 9.38 Å². The number of aromatic carboxylic acids is 1. The Morgan fingerprint density at radius 3 is 2.88 bits per heavy atom. The molecule has 16 heavy (non-hydrogen) atoms. The molecular formula is C11H13N3O2. The van der Waals surface area contributed by atoms with E-state index in [1.165, 1.54) is 0 Å². The number of nitrogens with two attached hydrogens (primary N) is 1. The minimum atomic E-state index is -1.03. The number of nitrogens with zero attached hydrogens (tertiary/aromatic N) is 2. The number of aryl methyl sites for hydroxylation is 1. The predicted octanol–water partition coefficient (Wildman–Crippen LogP) is 1.36. The number of carboxylic acids is 1. The summed E-state index contributed by atoms with van der Waals surface area (Å²) in [7, 11) is 0. The summed E-state index contributed by atoms with van der Waals surface area (Å²) >= 11 is 0. The Bertz CT molecular complexity index is 558. The molecule has 2 aromatic heterocycles. The Balaban J connectivity index is 2.87. The molecule has 0 fully saturated rings. The van der Waals surface area contributed by atoms with Crippen molar-refractivity contribution in [2.24, 2.45) is 5.73 Å². The van der Waals surface area contributed by atoms with Gasteiger partial charge in [-0.25, -0.2) is 9.78 Å². The fourth-order valence-corrected chi connectivity index (χ4v) is 1.80.